The molecule has 1 saturated carbocycles. The van der Waals surface area contributed by atoms with E-state index in [1.165, 1.54) is 0 Å². The van der Waals surface area contributed by atoms with Crippen molar-refractivity contribution in [2.75, 3.05) is 12.9 Å². The number of nitro groups is 1. The van der Waals surface area contributed by atoms with Crippen molar-refractivity contribution in [3.63, 3.8) is 0 Å². The van der Waals surface area contributed by atoms with Crippen LogP contribution in [0.15, 0.2) is 0 Å². The number of hydrogen-bond donors (Lipinski definition) is 0. The molecule has 6 nitrogen and oxygen atoms in total. The van der Waals surface area contributed by atoms with Crippen molar-refractivity contribution in [2.24, 2.45) is 5.92 Å². The summed E-state index contributed by atoms with van der Waals surface area (Å²) >= 11 is 0. The molecule has 7 heteroatoms. The van der Waals surface area contributed by atoms with E-state index in [9.17, 15) is 18.5 Å². The van der Waals surface area contributed by atoms with E-state index in [4.69, 9.17) is 0 Å². The van der Waals surface area contributed by atoms with Crippen LogP contribution in [0.3, 0.4) is 0 Å². The maximum atomic E-state index is 10.4. The van der Waals surface area contributed by atoms with Gasteiger partial charge in [-0.15, -0.1) is 0 Å². The molecule has 0 bridgehead atoms. The number of hydrogen-bond acceptors (Lipinski definition) is 5. The molecule has 0 N–H and O–H groups in total. The van der Waals surface area contributed by atoms with Crippen molar-refractivity contribution < 1.29 is 17.5 Å². The number of rotatable bonds is 4. The SMILES string of the molecule is CS(=O)(=O)OC[C@@H]1C[C@H]1[N+](=O)[O-]. The number of nitrogens with zero attached hydrogens (tertiary/aromatic N) is 1. The van der Waals surface area contributed by atoms with Crippen LogP contribution in [0, 0.1) is 16.0 Å². The van der Waals surface area contributed by atoms with Crippen molar-refractivity contribution in [3.05, 3.63) is 10.1 Å². The molecule has 1 fully saturated rings. The summed E-state index contributed by atoms with van der Waals surface area (Å²) in [5.41, 5.74) is 0. The van der Waals surface area contributed by atoms with Gasteiger partial charge in [0.1, 0.15) is 0 Å². The van der Waals surface area contributed by atoms with E-state index < -0.39 is 21.1 Å². The first-order valence-electron chi connectivity index (χ1n) is 3.38. The normalized spacial score (nSPS) is 28.4. The monoisotopic (exact) mass is 195 g/mol. The van der Waals surface area contributed by atoms with Gasteiger partial charge in [0.05, 0.1) is 18.8 Å². The van der Waals surface area contributed by atoms with Crippen molar-refractivity contribution in [1.29, 1.82) is 0 Å². The lowest BCUT2D eigenvalue weighted by Crippen LogP contribution is -2.10. The lowest BCUT2D eigenvalue weighted by molar-refractivity contribution is -0.498. The summed E-state index contributed by atoms with van der Waals surface area (Å²) in [4.78, 5) is 9.69. The molecule has 2 atom stereocenters. The van der Waals surface area contributed by atoms with Crippen LogP contribution in [0.5, 0.6) is 0 Å². The Kier molecular flexibility index (Phi) is 2.34. The van der Waals surface area contributed by atoms with Crippen LogP contribution >= 0.6 is 0 Å². The minimum Gasteiger partial charge on any atom is -0.270 e. The van der Waals surface area contributed by atoms with Gasteiger partial charge in [0.15, 0.2) is 0 Å². The lowest BCUT2D eigenvalue weighted by Gasteiger charge is -1.96. The molecule has 0 aromatic rings. The molecule has 0 aromatic carbocycles. The van der Waals surface area contributed by atoms with Crippen molar-refractivity contribution >= 4 is 10.1 Å². The van der Waals surface area contributed by atoms with Crippen LogP contribution in [0.1, 0.15) is 6.42 Å². The molecule has 0 spiro atoms. The molecule has 0 saturated heterocycles. The van der Waals surface area contributed by atoms with Crippen LogP contribution in [-0.4, -0.2) is 32.2 Å². The molecule has 0 heterocycles. The summed E-state index contributed by atoms with van der Waals surface area (Å²) in [5.74, 6) is -0.227. The first-order chi connectivity index (χ1) is 5.40. The summed E-state index contributed by atoms with van der Waals surface area (Å²) < 4.78 is 25.3. The summed E-state index contributed by atoms with van der Waals surface area (Å²) in [6.45, 7) is -0.0650. The molecule has 0 aliphatic heterocycles. The van der Waals surface area contributed by atoms with Crippen molar-refractivity contribution in [3.8, 4) is 0 Å². The fourth-order valence-electron chi connectivity index (χ4n) is 0.880. The maximum absolute atomic E-state index is 10.4. The molecule has 0 unspecified atom stereocenters. The van der Waals surface area contributed by atoms with E-state index in [0.717, 1.165) is 6.26 Å². The molecule has 12 heavy (non-hydrogen) atoms. The average molecular weight is 195 g/mol. The van der Waals surface area contributed by atoms with E-state index in [1.54, 1.807) is 0 Å². The fraction of sp³-hybridized carbons (Fsp3) is 1.00. The first kappa shape index (κ1) is 9.40. The van der Waals surface area contributed by atoms with Gasteiger partial charge in [0, 0.05) is 11.3 Å². The van der Waals surface area contributed by atoms with Gasteiger partial charge in [0.25, 0.3) is 10.1 Å². The van der Waals surface area contributed by atoms with E-state index in [-0.39, 0.29) is 12.5 Å². The highest BCUT2D eigenvalue weighted by Gasteiger charge is 2.48. The highest BCUT2D eigenvalue weighted by atomic mass is 32.2. The third kappa shape index (κ3) is 2.74. The highest BCUT2D eigenvalue weighted by Crippen LogP contribution is 2.33. The lowest BCUT2D eigenvalue weighted by atomic mass is 10.4. The van der Waals surface area contributed by atoms with E-state index >= 15 is 0 Å². The Balaban J connectivity index is 2.25. The summed E-state index contributed by atoms with van der Waals surface area (Å²) in [7, 11) is -3.45. The molecule has 0 radical (unpaired) electrons. The molecule has 0 aromatic heterocycles. The standard InChI is InChI=1S/C5H9NO5S/c1-12(9,10)11-3-4-2-5(4)6(7)8/h4-5H,2-3H2,1H3/t4-,5+/m0/s1. The van der Waals surface area contributed by atoms with Crippen molar-refractivity contribution in [2.45, 2.75) is 12.5 Å². The van der Waals surface area contributed by atoms with Gasteiger partial charge >= 0.3 is 0 Å². The van der Waals surface area contributed by atoms with Crippen LogP contribution in [-0.2, 0) is 14.3 Å². The predicted octanol–water partition coefficient (Wildman–Crippen LogP) is -0.372. The van der Waals surface area contributed by atoms with E-state index in [0.29, 0.717) is 6.42 Å². The van der Waals surface area contributed by atoms with Crippen molar-refractivity contribution in [1.82, 2.24) is 0 Å². The van der Waals surface area contributed by atoms with Gasteiger partial charge in [-0.1, -0.05) is 0 Å². The second-order valence-corrected chi connectivity index (χ2v) is 4.48. The van der Waals surface area contributed by atoms with Gasteiger partial charge in [-0.3, -0.25) is 14.3 Å². The zero-order valence-electron chi connectivity index (χ0n) is 6.47. The first-order valence-corrected chi connectivity index (χ1v) is 5.19. The summed E-state index contributed by atoms with van der Waals surface area (Å²) in [5, 5.41) is 10.1. The zero-order valence-corrected chi connectivity index (χ0v) is 7.28. The minimum atomic E-state index is -3.45. The Labute approximate surface area is 69.8 Å². The Hall–Kier alpha value is -0.690. The van der Waals surface area contributed by atoms with Gasteiger partial charge < -0.3 is 0 Å². The zero-order chi connectivity index (χ0) is 9.35. The summed E-state index contributed by atoms with van der Waals surface area (Å²) in [6, 6.07) is -0.605. The fourth-order valence-corrected chi connectivity index (χ4v) is 1.30. The molecule has 1 aliphatic rings. The van der Waals surface area contributed by atoms with E-state index in [1.807, 2.05) is 0 Å². The quantitative estimate of drug-likeness (QED) is 0.347. The van der Waals surface area contributed by atoms with E-state index in [2.05, 4.69) is 4.18 Å². The third-order valence-corrected chi connectivity index (χ3v) is 2.22. The van der Waals surface area contributed by atoms with Crippen LogP contribution in [0.25, 0.3) is 0 Å². The highest BCUT2D eigenvalue weighted by molar-refractivity contribution is 7.85. The largest absolute Gasteiger partial charge is 0.270 e. The van der Waals surface area contributed by atoms with Crippen LogP contribution in [0.4, 0.5) is 0 Å². The van der Waals surface area contributed by atoms with Gasteiger partial charge in [-0.2, -0.15) is 8.42 Å². The molecule has 0 amide bonds. The molecule has 1 aliphatic carbocycles. The molecular formula is C5H9NO5S. The Morgan fingerprint density at radius 1 is 1.67 bits per heavy atom. The molecule has 1 rings (SSSR count). The van der Waals surface area contributed by atoms with Gasteiger partial charge in [-0.05, 0) is 0 Å². The Morgan fingerprint density at radius 3 is 2.58 bits per heavy atom. The smallest absolute Gasteiger partial charge is 0.264 e. The third-order valence-electron chi connectivity index (χ3n) is 1.65. The maximum Gasteiger partial charge on any atom is 0.264 e. The van der Waals surface area contributed by atoms with Crippen LogP contribution in [0.2, 0.25) is 0 Å². The second-order valence-electron chi connectivity index (χ2n) is 2.84. The Bertz CT molecular complexity index is 284. The minimum absolute atomic E-state index is 0.0650. The average Bonchev–Trinajstić information content (AvgIpc) is 2.59. The van der Waals surface area contributed by atoms with Gasteiger partial charge in [-0.25, -0.2) is 0 Å². The second kappa shape index (κ2) is 2.98. The topological polar surface area (TPSA) is 86.5 Å². The molecule has 70 valence electrons. The predicted molar refractivity (Wildman–Crippen MR) is 39.7 cm³/mol. The summed E-state index contributed by atoms with van der Waals surface area (Å²) in [6.07, 6.45) is 1.35. The van der Waals surface area contributed by atoms with Crippen LogP contribution < -0.4 is 0 Å². The molecular weight excluding hydrogens is 186 g/mol. The Morgan fingerprint density at radius 2 is 2.25 bits per heavy atom. The van der Waals surface area contributed by atoms with Gasteiger partial charge in [0.2, 0.25) is 6.04 Å².